The van der Waals surface area contributed by atoms with Crippen molar-refractivity contribution in [3.05, 3.63) is 58.2 Å². The molecule has 1 aromatic heterocycles. The highest BCUT2D eigenvalue weighted by Gasteiger charge is 2.13. The average molecular weight is 297 g/mol. The molecule has 1 aromatic carbocycles. The van der Waals surface area contributed by atoms with E-state index in [2.05, 4.69) is 48.0 Å². The predicted octanol–water partition coefficient (Wildman–Crippen LogP) is 1.44. The molecule has 0 bridgehead atoms. The summed E-state index contributed by atoms with van der Waals surface area (Å²) in [7, 11) is 1.74. The molecule has 0 amide bonds. The first-order valence-electron chi connectivity index (χ1n) is 7.82. The highest BCUT2D eigenvalue weighted by Crippen LogP contribution is 2.07. The van der Waals surface area contributed by atoms with Crippen molar-refractivity contribution in [2.45, 2.75) is 38.5 Å². The Morgan fingerprint density at radius 1 is 1.32 bits per heavy atom. The van der Waals surface area contributed by atoms with Crippen LogP contribution in [0.2, 0.25) is 0 Å². The molecule has 1 heterocycles. The molecule has 2 atom stereocenters. The van der Waals surface area contributed by atoms with Crippen LogP contribution in [0, 0.1) is 0 Å². The van der Waals surface area contributed by atoms with Crippen LogP contribution < -0.4 is 10.6 Å². The third-order valence-corrected chi connectivity index (χ3v) is 4.26. The minimum absolute atomic E-state index is 0.171. The Bertz CT molecular complexity index is 746. The lowest BCUT2D eigenvalue weighted by Crippen LogP contribution is -2.35. The van der Waals surface area contributed by atoms with E-state index in [0.717, 1.165) is 13.0 Å². The van der Waals surface area contributed by atoms with Crippen molar-refractivity contribution >= 4 is 12.2 Å². The second kappa shape index (κ2) is 6.51. The Kier molecular flexibility index (Phi) is 4.46. The van der Waals surface area contributed by atoms with E-state index in [-0.39, 0.29) is 12.2 Å². The van der Waals surface area contributed by atoms with E-state index in [1.807, 2.05) is 12.1 Å². The fourth-order valence-electron chi connectivity index (χ4n) is 3.03. The molecule has 1 unspecified atom stereocenters. The van der Waals surface area contributed by atoms with Gasteiger partial charge in [0, 0.05) is 36.8 Å². The Morgan fingerprint density at radius 3 is 2.82 bits per heavy atom. The van der Waals surface area contributed by atoms with Gasteiger partial charge in [-0.1, -0.05) is 36.4 Å². The normalized spacial score (nSPS) is 18.2. The van der Waals surface area contributed by atoms with E-state index in [0.29, 0.717) is 6.42 Å². The number of hydrogen-bond donors (Lipinski definition) is 1. The zero-order chi connectivity index (χ0) is 15.5. The van der Waals surface area contributed by atoms with Gasteiger partial charge in [0.15, 0.2) is 0 Å². The van der Waals surface area contributed by atoms with Crippen LogP contribution >= 0.6 is 0 Å². The van der Waals surface area contributed by atoms with Crippen molar-refractivity contribution in [3.63, 3.8) is 0 Å². The topological polar surface area (TPSA) is 34.4 Å². The summed E-state index contributed by atoms with van der Waals surface area (Å²) in [6.07, 6.45) is 7.67. The number of hydrogen-bond acceptors (Lipinski definition) is 2. The molecule has 3 nitrogen and oxygen atoms in total. The van der Waals surface area contributed by atoms with Gasteiger partial charge in [0.2, 0.25) is 0 Å². The largest absolute Gasteiger partial charge is 0.389 e. The number of rotatable bonds is 5. The summed E-state index contributed by atoms with van der Waals surface area (Å²) in [5.74, 6) is 0. The molecule has 22 heavy (non-hydrogen) atoms. The maximum absolute atomic E-state index is 9.94. The predicted molar refractivity (Wildman–Crippen MR) is 89.0 cm³/mol. The van der Waals surface area contributed by atoms with E-state index in [4.69, 9.17) is 4.74 Å². The Morgan fingerprint density at radius 2 is 2.09 bits per heavy atom. The van der Waals surface area contributed by atoms with Gasteiger partial charge >= 0.3 is 0 Å². The highest BCUT2D eigenvalue weighted by molar-refractivity contribution is 5.43. The molecule has 0 aliphatic heterocycles. The van der Waals surface area contributed by atoms with Crippen molar-refractivity contribution in [3.8, 4) is 0 Å². The third-order valence-electron chi connectivity index (χ3n) is 4.26. The van der Waals surface area contributed by atoms with E-state index in [9.17, 15) is 5.11 Å². The molecule has 0 saturated carbocycles. The van der Waals surface area contributed by atoms with Gasteiger partial charge in [0.25, 0.3) is 0 Å². The first-order chi connectivity index (χ1) is 10.7. The number of aromatic nitrogens is 1. The molecular weight excluding hydrogens is 274 g/mol. The summed E-state index contributed by atoms with van der Waals surface area (Å²) < 4.78 is 7.69. The molecule has 2 aromatic rings. The Hall–Kier alpha value is -1.84. The molecule has 0 radical (unpaired) electrons. The summed E-state index contributed by atoms with van der Waals surface area (Å²) in [6.45, 7) is 2.93. The van der Waals surface area contributed by atoms with Crippen LogP contribution in [0.1, 0.15) is 24.5 Å². The summed E-state index contributed by atoms with van der Waals surface area (Å²) in [5.41, 5.74) is 2.53. The monoisotopic (exact) mass is 297 g/mol. The Labute approximate surface area is 131 Å². The number of nitrogens with zero attached hydrogens (tertiary/aromatic N) is 1. The van der Waals surface area contributed by atoms with Gasteiger partial charge in [0.05, 0.1) is 12.2 Å². The van der Waals surface area contributed by atoms with Crippen LogP contribution in [-0.4, -0.2) is 29.0 Å². The molecular formula is C19H23NO2. The number of aliphatic hydroxyl groups excluding tert-OH is 1. The van der Waals surface area contributed by atoms with E-state index < -0.39 is 0 Å². The molecule has 3 heteroatoms. The van der Waals surface area contributed by atoms with Crippen molar-refractivity contribution < 1.29 is 9.84 Å². The van der Waals surface area contributed by atoms with Gasteiger partial charge in [-0.05, 0) is 30.5 Å². The van der Waals surface area contributed by atoms with Crippen LogP contribution in [0.15, 0.2) is 36.5 Å². The molecule has 1 aliphatic carbocycles. The first kappa shape index (κ1) is 15.1. The van der Waals surface area contributed by atoms with Crippen molar-refractivity contribution in [2.75, 3.05) is 7.11 Å². The highest BCUT2D eigenvalue weighted by atomic mass is 16.5. The molecule has 0 fully saturated rings. The van der Waals surface area contributed by atoms with Crippen LogP contribution in [0.4, 0.5) is 0 Å². The summed E-state index contributed by atoms with van der Waals surface area (Å²) in [5, 5.41) is 12.3. The number of benzene rings is 1. The van der Waals surface area contributed by atoms with E-state index in [1.54, 1.807) is 7.11 Å². The van der Waals surface area contributed by atoms with Crippen LogP contribution in [-0.2, 0) is 17.7 Å². The zero-order valence-electron chi connectivity index (χ0n) is 13.2. The first-order valence-corrected chi connectivity index (χ1v) is 7.82. The second-order valence-electron chi connectivity index (χ2n) is 5.99. The van der Waals surface area contributed by atoms with Crippen molar-refractivity contribution in [1.29, 1.82) is 0 Å². The van der Waals surface area contributed by atoms with Gasteiger partial charge in [0.1, 0.15) is 0 Å². The van der Waals surface area contributed by atoms with Gasteiger partial charge in [-0.3, -0.25) is 0 Å². The number of fused-ring (bicyclic) bond motifs is 1. The number of methoxy groups -OCH3 is 1. The average Bonchev–Trinajstić information content (AvgIpc) is 2.85. The quantitative estimate of drug-likeness (QED) is 0.906. The smallest absolute Gasteiger partial charge is 0.0765 e. The van der Waals surface area contributed by atoms with Crippen LogP contribution in [0.25, 0.3) is 12.2 Å². The lowest BCUT2D eigenvalue weighted by atomic mass is 10.0. The van der Waals surface area contributed by atoms with Gasteiger partial charge in [-0.15, -0.1) is 0 Å². The molecule has 0 spiro atoms. The standard InChI is InChI=1S/C19H23NO2/c1-14(22-2)10-16-13-20(12-15-6-4-3-5-7-15)19-9-8-17(21)11-18(16)19/h3-7,9,11,13-14,17,21H,8,10,12H2,1-2H3/t14-,17?/m1/s1. The van der Waals surface area contributed by atoms with Gasteiger partial charge in [-0.2, -0.15) is 0 Å². The summed E-state index contributed by atoms with van der Waals surface area (Å²) in [6, 6.07) is 10.5. The summed E-state index contributed by atoms with van der Waals surface area (Å²) in [4.78, 5) is 0. The summed E-state index contributed by atoms with van der Waals surface area (Å²) >= 11 is 0. The van der Waals surface area contributed by atoms with E-state index in [1.165, 1.54) is 21.7 Å². The Balaban J connectivity index is 2.01. The molecule has 0 saturated heterocycles. The number of aliphatic hydroxyl groups is 1. The SMILES string of the molecule is CO[C@H](C)Cc1cn(Cc2ccccc2)c2c1=CC(O)CC=2. The number of ether oxygens (including phenoxy) is 1. The minimum Gasteiger partial charge on any atom is -0.389 e. The van der Waals surface area contributed by atoms with Crippen molar-refractivity contribution in [1.82, 2.24) is 4.57 Å². The van der Waals surface area contributed by atoms with Crippen LogP contribution in [0.5, 0.6) is 0 Å². The molecule has 3 rings (SSSR count). The van der Waals surface area contributed by atoms with Crippen molar-refractivity contribution in [2.24, 2.45) is 0 Å². The van der Waals surface area contributed by atoms with E-state index >= 15 is 0 Å². The third kappa shape index (κ3) is 3.16. The fraction of sp³-hybridized carbons (Fsp3) is 0.368. The molecule has 1 aliphatic rings. The minimum atomic E-state index is -0.378. The van der Waals surface area contributed by atoms with Gasteiger partial charge in [-0.25, -0.2) is 0 Å². The molecule has 116 valence electrons. The lowest BCUT2D eigenvalue weighted by molar-refractivity contribution is 0.118. The molecule has 1 N–H and O–H groups in total. The zero-order valence-corrected chi connectivity index (χ0v) is 13.2. The van der Waals surface area contributed by atoms with Crippen LogP contribution in [0.3, 0.4) is 0 Å². The maximum Gasteiger partial charge on any atom is 0.0765 e. The fourth-order valence-corrected chi connectivity index (χ4v) is 3.03. The lowest BCUT2D eigenvalue weighted by Gasteiger charge is -2.09. The van der Waals surface area contributed by atoms with Gasteiger partial charge < -0.3 is 14.4 Å². The maximum atomic E-state index is 9.94. The second-order valence-corrected chi connectivity index (χ2v) is 5.99.